The van der Waals surface area contributed by atoms with Gasteiger partial charge in [0.1, 0.15) is 16.8 Å². The molecule has 8 aromatic heterocycles. The van der Waals surface area contributed by atoms with E-state index >= 15 is 0 Å². The van der Waals surface area contributed by atoms with Crippen molar-refractivity contribution in [1.29, 1.82) is 0 Å². The normalized spacial score (nSPS) is 18.5. The first-order valence-electron chi connectivity index (χ1n) is 44.9. The summed E-state index contributed by atoms with van der Waals surface area (Å²) in [4.78, 5) is 43.2. The van der Waals surface area contributed by atoms with Crippen molar-refractivity contribution in [2.24, 2.45) is 0 Å². The number of amides is 3. The van der Waals surface area contributed by atoms with E-state index in [4.69, 9.17) is 63.5 Å². The summed E-state index contributed by atoms with van der Waals surface area (Å²) in [6, 6.07) is 25.7. The molecular weight excluding hydrogens is 1610 g/mol. The summed E-state index contributed by atoms with van der Waals surface area (Å²) in [7, 11) is 3.58. The molecule has 714 valence electrons. The van der Waals surface area contributed by atoms with Crippen LogP contribution in [-0.2, 0) is 79.2 Å². The number of aromatic nitrogens is 12. The molecule has 5 atom stereocenters. The van der Waals surface area contributed by atoms with Gasteiger partial charge in [0.25, 0.3) is 0 Å². The number of likely N-dealkylation sites (N-methyl/N-ethyl adjacent to an activating group) is 1. The second-order valence-corrected chi connectivity index (χ2v) is 40.7. The van der Waals surface area contributed by atoms with Crippen LogP contribution >= 0.6 is 0 Å². The zero-order valence-electron chi connectivity index (χ0n) is 82.6. The number of aromatic amines is 1. The Hall–Kier alpha value is -8.63. The van der Waals surface area contributed by atoms with Crippen LogP contribution in [-0.4, -0.2) is 273 Å². The van der Waals surface area contributed by atoms with Gasteiger partial charge in [-0.25, -0.2) is 19.9 Å². The van der Waals surface area contributed by atoms with Crippen LogP contribution in [0.5, 0.6) is 0 Å². The predicted octanol–water partition coefficient (Wildman–Crippen LogP) is 15.7. The van der Waals surface area contributed by atoms with Gasteiger partial charge in [0, 0.05) is 167 Å². The maximum Gasteiger partial charge on any atom is 0.410 e. The van der Waals surface area contributed by atoms with E-state index in [-0.39, 0.29) is 84.5 Å². The molecule has 5 fully saturated rings. The Balaban J connectivity index is 0.000000238. The number of nitrogens with one attached hydrogen (secondary N) is 3. The van der Waals surface area contributed by atoms with Crippen molar-refractivity contribution in [3.8, 4) is 23.3 Å². The Labute approximate surface area is 759 Å². The highest BCUT2D eigenvalue weighted by Gasteiger charge is 2.35. The third-order valence-electron chi connectivity index (χ3n) is 21.5. The summed E-state index contributed by atoms with van der Waals surface area (Å²) >= 11 is 0. The number of H-pyrrole nitrogens is 1. The number of morpholine rings is 5. The van der Waals surface area contributed by atoms with Crippen molar-refractivity contribution in [3.63, 3.8) is 0 Å². The van der Waals surface area contributed by atoms with Gasteiger partial charge >= 0.3 is 18.3 Å². The van der Waals surface area contributed by atoms with Gasteiger partial charge < -0.3 is 91.4 Å². The molecule has 13 heterocycles. The Morgan fingerprint density at radius 2 is 0.717 bits per heavy atom. The summed E-state index contributed by atoms with van der Waals surface area (Å²) < 4.78 is 59.7. The van der Waals surface area contributed by atoms with E-state index in [9.17, 15) is 14.4 Å². The molecule has 0 saturated carbocycles. The highest BCUT2D eigenvalue weighted by molar-refractivity contribution is 5.69. The van der Waals surface area contributed by atoms with Gasteiger partial charge in [0.15, 0.2) is 23.3 Å². The lowest BCUT2D eigenvalue weighted by atomic mass is 9.92. The molecule has 0 spiro atoms. The highest BCUT2D eigenvalue weighted by atomic mass is 16.6. The number of hydroxylamine groups is 1. The van der Waals surface area contributed by atoms with E-state index in [1.54, 1.807) is 20.2 Å². The fourth-order valence-electron chi connectivity index (χ4n) is 15.1. The van der Waals surface area contributed by atoms with E-state index in [1.165, 1.54) is 52.6 Å². The fourth-order valence-corrected chi connectivity index (χ4v) is 15.1. The number of aliphatic hydroxyl groups excluding tert-OH is 1. The van der Waals surface area contributed by atoms with Crippen LogP contribution in [0, 0.1) is 55.4 Å². The minimum Gasteiger partial charge on any atom is -0.444 e. The van der Waals surface area contributed by atoms with Gasteiger partial charge in [-0.15, -0.1) is 0 Å². The number of ether oxygens (including phenoxy) is 8. The molecule has 13 rings (SSSR count). The minimum absolute atomic E-state index is 0. The van der Waals surface area contributed by atoms with Gasteiger partial charge in [-0.1, -0.05) is 97.4 Å². The average Bonchev–Trinajstić information content (AvgIpc) is 1.62. The van der Waals surface area contributed by atoms with Crippen LogP contribution in [0.15, 0.2) is 72.8 Å². The first-order valence-corrected chi connectivity index (χ1v) is 44.9. The maximum atomic E-state index is 12.5. The number of hydrogen-bond acceptors (Lipinski definition) is 20. The highest BCUT2D eigenvalue weighted by Crippen LogP contribution is 2.32. The number of carbonyl (C=O) groups is 3. The molecule has 5 N–H and O–H groups in total. The summed E-state index contributed by atoms with van der Waals surface area (Å²) in [6.07, 6.45) is 0.192. The zero-order valence-corrected chi connectivity index (χ0v) is 82.6. The average molecular weight is 1780 g/mol. The first kappa shape index (κ1) is 107. The summed E-state index contributed by atoms with van der Waals surface area (Å²) in [5.74, 6) is 3.90. The van der Waals surface area contributed by atoms with Gasteiger partial charge in [-0.05, 0) is 180 Å². The quantitative estimate of drug-likeness (QED) is 0.0561. The third kappa shape index (κ3) is 32.5. The SMILES string of the molecule is C.CC(C)(C)OC(=O)N1CCO[C@H](CO)C1.CC[C@@H]1CN(C(=O)OC(C)(C)C)CCO1.CNO.Cc1ccc(C)n1-c1cc(C(C)(C)C)[nH]n1.Cc1ccc(C)n1-c1cc(C(C)(C)C)n(C[C@@H]2CN(C(=O)OC(C)(C)C)CCO2)n1.Cc1ccc(C)n1-c1cc(C(C)(C)C)n(C[C@@H]2CN(C)CCO2)n1.Cc1ccc(C)n1-c1cc(C(C)(C)C)n(C[C@@H]2CNCCO2)n1. The molecule has 0 unspecified atom stereocenters. The van der Waals surface area contributed by atoms with Gasteiger partial charge in [0.2, 0.25) is 0 Å². The first-order chi connectivity index (χ1) is 58.6. The Kier molecular flexibility index (Phi) is 39.0. The molecule has 5 aliphatic rings. The van der Waals surface area contributed by atoms with Gasteiger partial charge in [-0.2, -0.15) is 20.4 Å². The number of rotatable bonds is 12. The molecule has 31 nitrogen and oxygen atoms in total. The van der Waals surface area contributed by atoms with Crippen molar-refractivity contribution in [3.05, 3.63) is 141 Å². The monoisotopic (exact) mass is 1780 g/mol. The fraction of sp³-hybridized carbons (Fsp3) is 0.677. The lowest BCUT2D eigenvalue weighted by Gasteiger charge is -2.34. The van der Waals surface area contributed by atoms with Crippen molar-refractivity contribution < 1.29 is 62.6 Å². The largest absolute Gasteiger partial charge is 0.444 e. The number of aliphatic hydroxyl groups is 1. The molecule has 0 aromatic carbocycles. The molecule has 0 radical (unpaired) electrons. The number of carbonyl (C=O) groups excluding carboxylic acids is 3. The number of aryl methyl sites for hydroxylation is 8. The molecule has 5 aliphatic heterocycles. The van der Waals surface area contributed by atoms with Crippen LogP contribution in [0.25, 0.3) is 23.3 Å². The molecule has 31 heteroatoms. The Bertz CT molecular complexity index is 4560. The van der Waals surface area contributed by atoms with Crippen LogP contribution in [0.1, 0.15) is 234 Å². The minimum atomic E-state index is -0.506. The number of hydrogen-bond donors (Lipinski definition) is 5. The van der Waals surface area contributed by atoms with Crippen molar-refractivity contribution in [2.75, 3.05) is 119 Å². The summed E-state index contributed by atoms with van der Waals surface area (Å²) in [5.41, 5.74) is 14.9. The van der Waals surface area contributed by atoms with Crippen LogP contribution in [0.3, 0.4) is 0 Å². The topological polar surface area (TPSA) is 304 Å². The molecular formula is C96H162N18O13. The third-order valence-corrected chi connectivity index (χ3v) is 21.5. The van der Waals surface area contributed by atoms with Crippen LogP contribution < -0.4 is 10.8 Å². The Morgan fingerprint density at radius 1 is 0.425 bits per heavy atom. The van der Waals surface area contributed by atoms with Crippen molar-refractivity contribution in [2.45, 2.75) is 310 Å². The molecule has 127 heavy (non-hydrogen) atoms. The Morgan fingerprint density at radius 3 is 1.01 bits per heavy atom. The van der Waals surface area contributed by atoms with E-state index in [0.717, 1.165) is 105 Å². The molecule has 0 aliphatic carbocycles. The second-order valence-electron chi connectivity index (χ2n) is 40.7. The second kappa shape index (κ2) is 46.3. The molecule has 5 saturated heterocycles. The smallest absolute Gasteiger partial charge is 0.410 e. The standard InChI is InChI=1S/C23H36N4O3.C19H30N4O.C18H28N4O.C13H19N3.C11H21NO3.C10H19NO4.CH5NO.CH4/c1-16-9-10-17(2)27(16)20-13-19(22(3,4)5)26(24-20)15-18-14-25(11-12-29-18)21(28)30-23(6,7)8;1-14-7-8-15(2)23(14)18-11-17(19(3,4)5)22(20-18)13-16-12-21(6)9-10-24-16;1-13-6-7-14(2)22(13)17-10-16(18(3,4)5)21(20-17)12-15-11-19-8-9-23-15;1-9-6-7-10(2)16(9)12-8-11(14-15-12)13(3,4)5;1-5-9-8-12(6-7-14-9)10(13)15-11(2,3)4;1-10(2,3)15-9(13)11-4-5-14-8(6-11)7-12;1-2-3;/h9-10,13,18H,11-12,14-15H2,1-8H3;7-8,11,16H,9-10,12-13H2,1-6H3;6-7,10,15,19H,8-9,11-12H2,1-5H3;6-8H,1-5H3,(H,14,15);9H,5-8H2,1-4H3;8,12H,4-7H2,1-3H3;2-3H,1H3;1H4/t18-;16-;15-;;9-;8-;;/m000.10../s1. The molecule has 3 amide bonds. The lowest BCUT2D eigenvalue weighted by Crippen LogP contribution is -2.48. The van der Waals surface area contributed by atoms with Gasteiger partial charge in [-0.3, -0.25) is 19.1 Å². The predicted molar refractivity (Wildman–Crippen MR) is 503 cm³/mol. The zero-order chi connectivity index (χ0) is 93.9. The van der Waals surface area contributed by atoms with Gasteiger partial charge in [0.05, 0.1) is 109 Å². The van der Waals surface area contributed by atoms with E-state index in [1.807, 2.05) is 67.0 Å². The van der Waals surface area contributed by atoms with E-state index in [2.05, 4.69) is 273 Å². The van der Waals surface area contributed by atoms with Crippen molar-refractivity contribution >= 4 is 18.3 Å². The van der Waals surface area contributed by atoms with Crippen molar-refractivity contribution in [1.82, 2.24) is 88.2 Å². The molecule has 8 aromatic rings. The maximum absolute atomic E-state index is 12.5. The van der Waals surface area contributed by atoms with E-state index < -0.39 is 16.8 Å². The molecule has 0 bridgehead atoms. The number of nitrogens with zero attached hydrogens (tertiary/aromatic N) is 15. The van der Waals surface area contributed by atoms with E-state index in [0.29, 0.717) is 65.6 Å². The lowest BCUT2D eigenvalue weighted by molar-refractivity contribution is -0.0593. The van der Waals surface area contributed by atoms with Crippen LogP contribution in [0.4, 0.5) is 14.4 Å². The summed E-state index contributed by atoms with van der Waals surface area (Å²) in [6.45, 7) is 74.5. The summed E-state index contributed by atoms with van der Waals surface area (Å²) in [5, 5.41) is 41.9. The van der Waals surface area contributed by atoms with Crippen LogP contribution in [0.2, 0.25) is 0 Å².